The van der Waals surface area contributed by atoms with E-state index in [4.69, 9.17) is 9.47 Å². The maximum absolute atomic E-state index is 12.7. The molecule has 0 bridgehead atoms. The Morgan fingerprint density at radius 3 is 2.51 bits per heavy atom. The second-order valence-electron chi connectivity index (χ2n) is 9.85. The molecule has 5 rings (SSSR count). The van der Waals surface area contributed by atoms with Crippen LogP contribution in [0.15, 0.2) is 103 Å². The lowest BCUT2D eigenvalue weighted by atomic mass is 9.99. The average Bonchev–Trinajstić information content (AvgIpc) is 2.98. The molecule has 200 valence electrons. The molecule has 0 aliphatic carbocycles. The minimum Gasteiger partial charge on any atom is -0.392 e. The highest BCUT2D eigenvalue weighted by Gasteiger charge is 2.33. The van der Waals surface area contributed by atoms with Crippen LogP contribution in [-0.4, -0.2) is 40.6 Å². The van der Waals surface area contributed by atoms with Crippen LogP contribution in [0.5, 0.6) is 0 Å². The van der Waals surface area contributed by atoms with Crippen LogP contribution >= 0.6 is 0 Å². The van der Waals surface area contributed by atoms with E-state index in [9.17, 15) is 9.90 Å². The van der Waals surface area contributed by atoms with Crippen LogP contribution in [0.1, 0.15) is 51.4 Å². The SMILES string of the molecule is CN(Cc1ccccc1)C[C@H]1C[C@@H](c2ccc(CO)cc2)O[C@@H](c2cccc(NC(=O)c3cccnc3)c2)O1. The molecule has 7 nitrogen and oxygen atoms in total. The van der Waals surface area contributed by atoms with Gasteiger partial charge in [-0.3, -0.25) is 14.7 Å². The summed E-state index contributed by atoms with van der Waals surface area (Å²) in [6.45, 7) is 1.55. The Kier molecular flexibility index (Phi) is 8.75. The minimum absolute atomic E-state index is 0.00199. The molecule has 2 N–H and O–H groups in total. The fraction of sp³-hybridized carbons (Fsp3) is 0.250. The quantitative estimate of drug-likeness (QED) is 0.301. The summed E-state index contributed by atoms with van der Waals surface area (Å²) in [6, 6.07) is 29.3. The molecule has 1 fully saturated rings. The molecule has 3 aromatic carbocycles. The number of amides is 1. The zero-order chi connectivity index (χ0) is 27.0. The van der Waals surface area contributed by atoms with E-state index in [0.717, 1.165) is 29.8 Å². The van der Waals surface area contributed by atoms with E-state index in [1.165, 1.54) is 11.8 Å². The summed E-state index contributed by atoms with van der Waals surface area (Å²) in [6.07, 6.45) is 3.01. The van der Waals surface area contributed by atoms with Crippen molar-refractivity contribution in [3.05, 3.63) is 131 Å². The van der Waals surface area contributed by atoms with Gasteiger partial charge in [0.2, 0.25) is 0 Å². The van der Waals surface area contributed by atoms with Crippen molar-refractivity contribution in [2.75, 3.05) is 18.9 Å². The van der Waals surface area contributed by atoms with Gasteiger partial charge in [-0.15, -0.1) is 0 Å². The van der Waals surface area contributed by atoms with Crippen molar-refractivity contribution in [2.45, 2.75) is 38.1 Å². The molecule has 7 heteroatoms. The number of ether oxygens (including phenoxy) is 2. The van der Waals surface area contributed by atoms with Crippen molar-refractivity contribution >= 4 is 11.6 Å². The van der Waals surface area contributed by atoms with Crippen molar-refractivity contribution in [1.29, 1.82) is 0 Å². The third-order valence-corrected chi connectivity index (χ3v) is 6.77. The molecule has 1 saturated heterocycles. The van der Waals surface area contributed by atoms with Gasteiger partial charge in [-0.1, -0.05) is 66.7 Å². The zero-order valence-electron chi connectivity index (χ0n) is 21.9. The van der Waals surface area contributed by atoms with Crippen molar-refractivity contribution < 1.29 is 19.4 Å². The van der Waals surface area contributed by atoms with Crippen molar-refractivity contribution in [3.8, 4) is 0 Å². The summed E-state index contributed by atoms with van der Waals surface area (Å²) in [5.41, 5.74) is 5.11. The number of rotatable bonds is 9. The molecule has 0 saturated carbocycles. The highest BCUT2D eigenvalue weighted by Crippen LogP contribution is 2.38. The number of anilines is 1. The number of aliphatic hydroxyl groups excluding tert-OH is 1. The molecular weight excluding hydrogens is 490 g/mol. The van der Waals surface area contributed by atoms with E-state index < -0.39 is 6.29 Å². The molecule has 0 spiro atoms. The number of hydrogen-bond acceptors (Lipinski definition) is 6. The van der Waals surface area contributed by atoms with Crippen LogP contribution in [0.2, 0.25) is 0 Å². The van der Waals surface area contributed by atoms with Crippen LogP contribution in [0.25, 0.3) is 0 Å². The predicted molar refractivity (Wildman–Crippen MR) is 150 cm³/mol. The van der Waals surface area contributed by atoms with Crippen molar-refractivity contribution in [2.24, 2.45) is 0 Å². The third kappa shape index (κ3) is 7.16. The summed E-state index contributed by atoms with van der Waals surface area (Å²) >= 11 is 0. The summed E-state index contributed by atoms with van der Waals surface area (Å²) < 4.78 is 13.0. The first kappa shape index (κ1) is 26.7. The van der Waals surface area contributed by atoms with Gasteiger partial charge in [-0.2, -0.15) is 0 Å². The van der Waals surface area contributed by atoms with Gasteiger partial charge in [0.1, 0.15) is 0 Å². The summed E-state index contributed by atoms with van der Waals surface area (Å²) in [5, 5.41) is 12.4. The molecule has 2 heterocycles. The topological polar surface area (TPSA) is 83.9 Å². The molecule has 0 radical (unpaired) electrons. The van der Waals surface area contributed by atoms with Crippen LogP contribution in [0, 0.1) is 0 Å². The summed E-state index contributed by atoms with van der Waals surface area (Å²) in [4.78, 5) is 19.0. The van der Waals surface area contributed by atoms with Gasteiger partial charge in [0.25, 0.3) is 5.91 Å². The van der Waals surface area contributed by atoms with Crippen LogP contribution < -0.4 is 5.32 Å². The van der Waals surface area contributed by atoms with Crippen LogP contribution in [0.3, 0.4) is 0 Å². The predicted octanol–water partition coefficient (Wildman–Crippen LogP) is 5.50. The van der Waals surface area contributed by atoms with Gasteiger partial charge in [0, 0.05) is 43.2 Å². The lowest BCUT2D eigenvalue weighted by molar-refractivity contribution is -0.252. The Hall–Kier alpha value is -3.88. The Labute approximate surface area is 229 Å². The Morgan fingerprint density at radius 2 is 1.77 bits per heavy atom. The fourth-order valence-corrected chi connectivity index (χ4v) is 4.80. The number of aromatic nitrogens is 1. The minimum atomic E-state index is -0.605. The average molecular weight is 524 g/mol. The molecule has 1 aromatic heterocycles. The largest absolute Gasteiger partial charge is 0.392 e. The smallest absolute Gasteiger partial charge is 0.257 e. The maximum Gasteiger partial charge on any atom is 0.257 e. The number of nitrogens with one attached hydrogen (secondary N) is 1. The fourth-order valence-electron chi connectivity index (χ4n) is 4.80. The second-order valence-corrected chi connectivity index (χ2v) is 9.85. The van der Waals surface area contributed by atoms with E-state index in [-0.39, 0.29) is 24.7 Å². The Balaban J connectivity index is 1.34. The standard InChI is InChI=1S/C32H33N3O4/c1-35(20-23-7-3-2-4-8-23)21-29-18-30(25-14-12-24(22-36)13-15-25)39-32(38-29)26-9-5-11-28(17-26)34-31(37)27-10-6-16-33-19-27/h2-17,19,29-30,32,36H,18,20-22H2,1H3,(H,34,37)/t29-,30+,32+/m1/s1. The number of carbonyl (C=O) groups excluding carboxylic acids is 1. The van der Waals surface area contributed by atoms with E-state index in [2.05, 4.69) is 46.5 Å². The lowest BCUT2D eigenvalue weighted by Gasteiger charge is -2.38. The Bertz CT molecular complexity index is 1350. The van der Waals surface area contributed by atoms with Gasteiger partial charge >= 0.3 is 0 Å². The lowest BCUT2D eigenvalue weighted by Crippen LogP contribution is -2.37. The van der Waals surface area contributed by atoms with Gasteiger partial charge in [0.15, 0.2) is 6.29 Å². The van der Waals surface area contributed by atoms with Crippen LogP contribution in [-0.2, 0) is 22.6 Å². The molecule has 1 aliphatic heterocycles. The molecule has 4 aromatic rings. The number of carbonyl (C=O) groups is 1. The third-order valence-electron chi connectivity index (χ3n) is 6.77. The van der Waals surface area contributed by atoms with Crippen LogP contribution in [0.4, 0.5) is 5.69 Å². The highest BCUT2D eigenvalue weighted by molar-refractivity contribution is 6.04. The normalized spacial score (nSPS) is 19.1. The molecule has 1 aliphatic rings. The van der Waals surface area contributed by atoms with Gasteiger partial charge < -0.3 is 19.9 Å². The van der Waals surface area contributed by atoms with Gasteiger partial charge in [-0.25, -0.2) is 0 Å². The van der Waals surface area contributed by atoms with Gasteiger partial charge in [-0.05, 0) is 48.0 Å². The molecule has 1 amide bonds. The number of benzene rings is 3. The summed E-state index contributed by atoms with van der Waals surface area (Å²) in [5.74, 6) is -0.229. The number of pyridine rings is 1. The maximum atomic E-state index is 12.7. The monoisotopic (exact) mass is 523 g/mol. The van der Waals surface area contributed by atoms with Crippen molar-refractivity contribution in [3.63, 3.8) is 0 Å². The zero-order valence-corrected chi connectivity index (χ0v) is 21.9. The van der Waals surface area contributed by atoms with E-state index in [0.29, 0.717) is 17.7 Å². The number of aliphatic hydroxyl groups is 1. The highest BCUT2D eigenvalue weighted by atomic mass is 16.7. The van der Waals surface area contributed by atoms with E-state index in [1.54, 1.807) is 18.3 Å². The van der Waals surface area contributed by atoms with Gasteiger partial charge in [0.05, 0.1) is 24.4 Å². The first-order chi connectivity index (χ1) is 19.1. The van der Waals surface area contributed by atoms with E-state index >= 15 is 0 Å². The summed E-state index contributed by atoms with van der Waals surface area (Å²) in [7, 11) is 2.10. The molecule has 39 heavy (non-hydrogen) atoms. The van der Waals surface area contributed by atoms with E-state index in [1.807, 2.05) is 54.6 Å². The first-order valence-electron chi connectivity index (χ1n) is 13.1. The molecule has 3 atom stereocenters. The molecule has 0 unspecified atom stereocenters. The number of likely N-dealkylation sites (N-methyl/N-ethyl adjacent to an activating group) is 1. The first-order valence-corrected chi connectivity index (χ1v) is 13.1. The number of hydrogen-bond donors (Lipinski definition) is 2. The Morgan fingerprint density at radius 1 is 0.949 bits per heavy atom. The molecular formula is C32H33N3O4. The number of nitrogens with zero attached hydrogens (tertiary/aromatic N) is 2. The second kappa shape index (κ2) is 12.8. The van der Waals surface area contributed by atoms with Crippen molar-refractivity contribution in [1.82, 2.24) is 9.88 Å².